The Morgan fingerprint density at radius 2 is 1.70 bits per heavy atom. The lowest BCUT2D eigenvalue weighted by molar-refractivity contribution is -0.138. The third-order valence-corrected chi connectivity index (χ3v) is 8.79. The van der Waals surface area contributed by atoms with Gasteiger partial charge in [-0.25, -0.2) is 9.79 Å². The number of esters is 1. The molecule has 1 aliphatic heterocycles. The molecule has 8 nitrogen and oxygen atoms in total. The number of thiazole rings is 1. The number of halogens is 1. The zero-order valence-corrected chi connectivity index (χ0v) is 27.5. The van der Waals surface area contributed by atoms with Gasteiger partial charge < -0.3 is 18.9 Å². The van der Waals surface area contributed by atoms with Crippen LogP contribution in [0, 0.1) is 0 Å². The number of nitrogens with zero attached hydrogens (tertiary/aromatic N) is 2. The van der Waals surface area contributed by atoms with Crippen molar-refractivity contribution in [2.24, 2.45) is 4.99 Å². The van der Waals surface area contributed by atoms with E-state index in [0.717, 1.165) is 16.7 Å². The Labute approximate surface area is 280 Å². The largest absolute Gasteiger partial charge is 0.493 e. The Kier molecular flexibility index (Phi) is 9.56. The first-order valence-electron chi connectivity index (χ1n) is 14.9. The van der Waals surface area contributed by atoms with Crippen molar-refractivity contribution in [3.63, 3.8) is 0 Å². The molecule has 0 fully saturated rings. The van der Waals surface area contributed by atoms with E-state index in [2.05, 4.69) is 0 Å². The van der Waals surface area contributed by atoms with E-state index in [1.54, 1.807) is 30.7 Å². The van der Waals surface area contributed by atoms with E-state index in [9.17, 15) is 9.59 Å². The molecule has 2 heterocycles. The van der Waals surface area contributed by atoms with Crippen LogP contribution in [0.4, 0.5) is 0 Å². The highest BCUT2D eigenvalue weighted by Gasteiger charge is 2.35. The highest BCUT2D eigenvalue weighted by Crippen LogP contribution is 2.38. The molecule has 0 unspecified atom stereocenters. The van der Waals surface area contributed by atoms with E-state index in [1.807, 2.05) is 91.0 Å². The summed E-state index contributed by atoms with van der Waals surface area (Å²) in [7, 11) is 3.09. The summed E-state index contributed by atoms with van der Waals surface area (Å²) in [6.07, 6.45) is 1.81. The molecule has 0 spiro atoms. The van der Waals surface area contributed by atoms with Crippen molar-refractivity contribution in [2.45, 2.75) is 19.6 Å². The van der Waals surface area contributed by atoms with E-state index in [-0.39, 0.29) is 17.7 Å². The third-order valence-electron chi connectivity index (χ3n) is 7.57. The number of carbonyl (C=O) groups excluding carboxylic acids is 1. The molecule has 238 valence electrons. The average molecular weight is 667 g/mol. The first kappa shape index (κ1) is 31.8. The molecule has 10 heteroatoms. The predicted molar refractivity (Wildman–Crippen MR) is 183 cm³/mol. The summed E-state index contributed by atoms with van der Waals surface area (Å²) in [6.45, 7) is 2.28. The maximum atomic E-state index is 14.2. The molecule has 1 aliphatic rings. The van der Waals surface area contributed by atoms with Crippen molar-refractivity contribution in [1.29, 1.82) is 0 Å². The highest BCUT2D eigenvalue weighted by molar-refractivity contribution is 7.07. The molecule has 0 radical (unpaired) electrons. The van der Waals surface area contributed by atoms with Crippen molar-refractivity contribution >= 4 is 40.7 Å². The average Bonchev–Trinajstić information content (AvgIpc) is 3.41. The van der Waals surface area contributed by atoms with Crippen LogP contribution < -0.4 is 29.1 Å². The lowest BCUT2D eigenvalue weighted by atomic mass is 9.93. The first-order chi connectivity index (χ1) is 22.9. The van der Waals surface area contributed by atoms with Crippen LogP contribution in [-0.4, -0.2) is 31.4 Å². The SMILES string of the molecule is CCOC(=O)C1=C(c2ccccc2)N=c2s/c(=C\c3ccc(OCc4cccc(Cl)c4)cc3)c(=O)n2[C@@H]1c1ccc(OC)c(OC)c1. The van der Waals surface area contributed by atoms with Gasteiger partial charge in [0, 0.05) is 10.6 Å². The van der Waals surface area contributed by atoms with Crippen LogP contribution >= 0.6 is 22.9 Å². The number of rotatable bonds is 10. The van der Waals surface area contributed by atoms with E-state index in [1.165, 1.54) is 18.4 Å². The van der Waals surface area contributed by atoms with Gasteiger partial charge in [0.1, 0.15) is 12.4 Å². The smallest absolute Gasteiger partial charge is 0.338 e. The van der Waals surface area contributed by atoms with Gasteiger partial charge in [-0.2, -0.15) is 0 Å². The summed E-state index contributed by atoms with van der Waals surface area (Å²) in [5.74, 6) is 1.11. The van der Waals surface area contributed by atoms with Crippen molar-refractivity contribution < 1.29 is 23.7 Å². The number of ether oxygens (including phenoxy) is 4. The van der Waals surface area contributed by atoms with Crippen molar-refractivity contribution in [2.75, 3.05) is 20.8 Å². The fourth-order valence-electron chi connectivity index (χ4n) is 5.38. The topological polar surface area (TPSA) is 88.4 Å². The van der Waals surface area contributed by atoms with Crippen molar-refractivity contribution in [3.8, 4) is 17.2 Å². The fraction of sp³-hybridized carbons (Fsp3) is 0.162. The van der Waals surface area contributed by atoms with Crippen LogP contribution in [0.3, 0.4) is 0 Å². The van der Waals surface area contributed by atoms with E-state index in [4.69, 9.17) is 35.5 Å². The summed E-state index contributed by atoms with van der Waals surface area (Å²) >= 11 is 7.35. The molecule has 5 aromatic rings. The van der Waals surface area contributed by atoms with Gasteiger partial charge in [0.05, 0.1) is 42.7 Å². The number of aromatic nitrogens is 1. The summed E-state index contributed by atoms with van der Waals surface area (Å²) in [5.41, 5.74) is 3.55. The molecular weight excluding hydrogens is 636 g/mol. The van der Waals surface area contributed by atoms with Gasteiger partial charge in [0.25, 0.3) is 5.56 Å². The number of benzene rings is 4. The van der Waals surface area contributed by atoms with Crippen LogP contribution in [-0.2, 0) is 16.1 Å². The Morgan fingerprint density at radius 3 is 2.40 bits per heavy atom. The van der Waals surface area contributed by atoms with Gasteiger partial charge in [-0.1, -0.05) is 83.6 Å². The zero-order chi connectivity index (χ0) is 32.9. The standard InChI is InChI=1S/C37H31ClN2O6S/c1-4-45-36(42)32-33(25-10-6-5-7-11-25)39-37-40(34(32)26-15-18-29(43-2)30(21-26)44-3)35(41)31(47-37)20-23-13-16-28(17-14-23)46-22-24-9-8-12-27(38)19-24/h5-21,34H,4,22H2,1-3H3/b31-20-/t34-/m1/s1. The number of hydrogen-bond acceptors (Lipinski definition) is 8. The van der Waals surface area contributed by atoms with E-state index in [0.29, 0.717) is 49.5 Å². The second kappa shape index (κ2) is 14.1. The maximum Gasteiger partial charge on any atom is 0.338 e. The number of hydrogen-bond donors (Lipinski definition) is 0. The van der Waals surface area contributed by atoms with Gasteiger partial charge in [-0.05, 0) is 66.1 Å². The Morgan fingerprint density at radius 1 is 0.936 bits per heavy atom. The molecule has 6 rings (SSSR count). The second-order valence-electron chi connectivity index (χ2n) is 10.5. The summed E-state index contributed by atoms with van der Waals surface area (Å²) < 4.78 is 24.6. The number of carbonyl (C=O) groups is 1. The predicted octanol–water partition coefficient (Wildman–Crippen LogP) is 6.19. The molecule has 4 aromatic carbocycles. The molecule has 1 atom stereocenters. The van der Waals surface area contributed by atoms with Crippen molar-refractivity contribution in [3.05, 3.63) is 150 Å². The zero-order valence-electron chi connectivity index (χ0n) is 25.9. The van der Waals surface area contributed by atoms with Gasteiger partial charge in [0.15, 0.2) is 16.3 Å². The van der Waals surface area contributed by atoms with Crippen LogP contribution in [0.25, 0.3) is 11.8 Å². The van der Waals surface area contributed by atoms with Crippen LogP contribution in [0.15, 0.2) is 112 Å². The second-order valence-corrected chi connectivity index (χ2v) is 12.0. The van der Waals surface area contributed by atoms with Gasteiger partial charge in [-0.15, -0.1) is 0 Å². The minimum absolute atomic E-state index is 0.159. The monoisotopic (exact) mass is 666 g/mol. The van der Waals surface area contributed by atoms with Crippen molar-refractivity contribution in [1.82, 2.24) is 4.57 Å². The van der Waals surface area contributed by atoms with E-state index >= 15 is 0 Å². The maximum absolute atomic E-state index is 14.2. The molecule has 47 heavy (non-hydrogen) atoms. The molecule has 0 amide bonds. The normalized spacial score (nSPS) is 14.3. The fourth-order valence-corrected chi connectivity index (χ4v) is 6.60. The molecule has 0 N–H and O–H groups in total. The number of fused-ring (bicyclic) bond motifs is 1. The lowest BCUT2D eigenvalue weighted by Crippen LogP contribution is -2.40. The van der Waals surface area contributed by atoms with Gasteiger partial charge in [0.2, 0.25) is 0 Å². The molecule has 1 aromatic heterocycles. The third kappa shape index (κ3) is 6.72. The van der Waals surface area contributed by atoms with Gasteiger partial charge in [-0.3, -0.25) is 9.36 Å². The lowest BCUT2D eigenvalue weighted by Gasteiger charge is -2.26. The minimum atomic E-state index is -0.843. The number of methoxy groups -OCH3 is 2. The molecule has 0 saturated heterocycles. The van der Waals surface area contributed by atoms with Gasteiger partial charge >= 0.3 is 5.97 Å². The first-order valence-corrected chi connectivity index (χ1v) is 16.1. The summed E-state index contributed by atoms with van der Waals surface area (Å²) in [5, 5.41) is 0.654. The molecule has 0 aliphatic carbocycles. The van der Waals surface area contributed by atoms with Crippen LogP contribution in [0.2, 0.25) is 5.02 Å². The minimum Gasteiger partial charge on any atom is -0.493 e. The highest BCUT2D eigenvalue weighted by atomic mass is 35.5. The molecule has 0 saturated carbocycles. The molecule has 0 bridgehead atoms. The van der Waals surface area contributed by atoms with Crippen LogP contribution in [0.5, 0.6) is 17.2 Å². The summed E-state index contributed by atoms with van der Waals surface area (Å²) in [4.78, 5) is 33.3. The quantitative estimate of drug-likeness (QED) is 0.165. The Hall–Kier alpha value is -5.12. The van der Waals surface area contributed by atoms with Crippen LogP contribution in [0.1, 0.15) is 35.2 Å². The Balaban J connectivity index is 1.46. The van der Waals surface area contributed by atoms with E-state index < -0.39 is 12.0 Å². The summed E-state index contributed by atoms with van der Waals surface area (Å²) in [6, 6.07) is 28.9. The molecular formula is C37H31ClN2O6S. The Bertz CT molecular complexity index is 2140.